The minimum atomic E-state index is -3.52. The topological polar surface area (TPSA) is 115 Å². The Kier molecular flexibility index (Phi) is 7.54. The fourth-order valence-corrected chi connectivity index (χ4v) is 7.97. The van der Waals surface area contributed by atoms with Gasteiger partial charge in [-0.25, -0.2) is 12.8 Å². The molecule has 2 saturated heterocycles. The van der Waals surface area contributed by atoms with Crippen LogP contribution in [0.2, 0.25) is 0 Å². The molecular formula is C27H38FN5O4S. The number of fused-ring (bicyclic) bond motifs is 2. The van der Waals surface area contributed by atoms with Crippen LogP contribution in [0.4, 0.5) is 4.39 Å². The molecule has 0 radical (unpaired) electrons. The van der Waals surface area contributed by atoms with Crippen LogP contribution in [0.3, 0.4) is 0 Å². The second kappa shape index (κ2) is 10.6. The molecule has 1 aromatic heterocycles. The normalized spacial score (nSPS) is 26.4. The number of rotatable bonds is 7. The van der Waals surface area contributed by atoms with Gasteiger partial charge in [0.25, 0.3) is 0 Å². The van der Waals surface area contributed by atoms with Crippen molar-refractivity contribution in [2.24, 2.45) is 5.92 Å². The number of hydrogen-bond acceptors (Lipinski definition) is 5. The zero-order valence-corrected chi connectivity index (χ0v) is 23.1. The monoisotopic (exact) mass is 547 g/mol. The van der Waals surface area contributed by atoms with E-state index in [1.165, 1.54) is 22.7 Å². The van der Waals surface area contributed by atoms with Gasteiger partial charge in [0.1, 0.15) is 11.9 Å². The number of likely N-dealkylation sites (tertiary alicyclic amines) is 1. The summed E-state index contributed by atoms with van der Waals surface area (Å²) in [7, 11) is -1.81. The second-order valence-corrected chi connectivity index (χ2v) is 13.1. The number of aromatic amines is 1. The third kappa shape index (κ3) is 4.96. The summed E-state index contributed by atoms with van der Waals surface area (Å²) in [6.07, 6.45) is 8.48. The van der Waals surface area contributed by atoms with Crippen molar-refractivity contribution >= 4 is 32.7 Å². The fraction of sp³-hybridized carbons (Fsp3) is 0.630. The molecule has 1 aliphatic carbocycles. The van der Waals surface area contributed by atoms with E-state index in [1.54, 1.807) is 20.0 Å². The van der Waals surface area contributed by atoms with E-state index in [0.717, 1.165) is 43.1 Å². The van der Waals surface area contributed by atoms with Crippen molar-refractivity contribution in [3.63, 3.8) is 0 Å². The molecule has 5 unspecified atom stereocenters. The Balaban J connectivity index is 1.51. The lowest BCUT2D eigenvalue weighted by molar-refractivity contribution is -0.139. The van der Waals surface area contributed by atoms with Gasteiger partial charge in [0.15, 0.2) is 0 Å². The Labute approximate surface area is 223 Å². The van der Waals surface area contributed by atoms with E-state index in [-0.39, 0.29) is 48.1 Å². The summed E-state index contributed by atoms with van der Waals surface area (Å²) in [6, 6.07) is 2.73. The molecule has 5 atom stereocenters. The van der Waals surface area contributed by atoms with Gasteiger partial charge in [0.2, 0.25) is 21.8 Å². The smallest absolute Gasteiger partial charge is 0.245 e. The molecular weight excluding hydrogens is 509 g/mol. The van der Waals surface area contributed by atoms with Crippen molar-refractivity contribution in [3.8, 4) is 0 Å². The summed E-state index contributed by atoms with van der Waals surface area (Å²) in [6.45, 7) is 2.44. The van der Waals surface area contributed by atoms with E-state index in [4.69, 9.17) is 0 Å². The van der Waals surface area contributed by atoms with Crippen LogP contribution in [-0.2, 0) is 19.6 Å². The number of hydrogen-bond donors (Lipinski definition) is 3. The van der Waals surface area contributed by atoms with Crippen molar-refractivity contribution < 1.29 is 22.4 Å². The maximum absolute atomic E-state index is 14.3. The maximum Gasteiger partial charge on any atom is 0.245 e. The summed E-state index contributed by atoms with van der Waals surface area (Å²) in [5.74, 6) is -0.934. The lowest BCUT2D eigenvalue weighted by Crippen LogP contribution is -2.57. The third-order valence-corrected chi connectivity index (χ3v) is 10.1. The summed E-state index contributed by atoms with van der Waals surface area (Å²) in [5, 5.41) is 6.82. The number of likely N-dealkylation sites (N-methyl/N-ethyl adjacent to an activating group) is 1. The molecule has 38 heavy (non-hydrogen) atoms. The van der Waals surface area contributed by atoms with Gasteiger partial charge in [-0.2, -0.15) is 4.31 Å². The van der Waals surface area contributed by atoms with Crippen molar-refractivity contribution in [1.82, 2.24) is 24.8 Å². The molecule has 0 bridgehead atoms. The zero-order chi connectivity index (χ0) is 27.2. The highest BCUT2D eigenvalue weighted by atomic mass is 32.2. The largest absolute Gasteiger partial charge is 0.361 e. The van der Waals surface area contributed by atoms with E-state index in [2.05, 4.69) is 15.6 Å². The Morgan fingerprint density at radius 2 is 1.89 bits per heavy atom. The van der Waals surface area contributed by atoms with Crippen LogP contribution < -0.4 is 10.6 Å². The highest BCUT2D eigenvalue weighted by Gasteiger charge is 2.54. The van der Waals surface area contributed by atoms with Crippen LogP contribution in [0.25, 0.3) is 10.9 Å². The Bertz CT molecular complexity index is 1310. The first kappa shape index (κ1) is 27.1. The van der Waals surface area contributed by atoms with Crippen LogP contribution in [0, 0.1) is 11.7 Å². The van der Waals surface area contributed by atoms with Crippen molar-refractivity contribution in [2.45, 2.75) is 75.5 Å². The van der Waals surface area contributed by atoms with Crippen molar-refractivity contribution in [3.05, 3.63) is 35.8 Å². The quantitative estimate of drug-likeness (QED) is 0.492. The first-order valence-electron chi connectivity index (χ1n) is 13.6. The van der Waals surface area contributed by atoms with Crippen LogP contribution in [0.5, 0.6) is 0 Å². The SMILES string of the molecule is CNC(C)C(=O)NC(C(=O)N1CCC2C1C(c1c[nH]c3cc(F)ccc13)CN2S(C)(=O)=O)C1CCCCC1. The number of carbonyl (C=O) groups excluding carboxylic acids is 2. The van der Waals surface area contributed by atoms with E-state index in [9.17, 15) is 22.4 Å². The number of sulfonamides is 1. The summed E-state index contributed by atoms with van der Waals surface area (Å²) in [4.78, 5) is 32.1. The van der Waals surface area contributed by atoms with Crippen LogP contribution in [0.1, 0.15) is 56.9 Å². The molecule has 1 aromatic carbocycles. The third-order valence-electron chi connectivity index (χ3n) is 8.87. The van der Waals surface area contributed by atoms with Gasteiger partial charge >= 0.3 is 0 Å². The van der Waals surface area contributed by atoms with E-state index in [0.29, 0.717) is 18.5 Å². The summed E-state index contributed by atoms with van der Waals surface area (Å²) >= 11 is 0. The number of amides is 2. The number of nitrogens with one attached hydrogen (secondary N) is 3. The van der Waals surface area contributed by atoms with Gasteiger partial charge in [-0.3, -0.25) is 9.59 Å². The molecule has 11 heteroatoms. The highest BCUT2D eigenvalue weighted by Crippen LogP contribution is 2.44. The Morgan fingerprint density at radius 3 is 2.58 bits per heavy atom. The average Bonchev–Trinajstić information content (AvgIpc) is 3.60. The lowest BCUT2D eigenvalue weighted by Gasteiger charge is -2.36. The van der Waals surface area contributed by atoms with E-state index < -0.39 is 22.1 Å². The van der Waals surface area contributed by atoms with Crippen molar-refractivity contribution in [2.75, 3.05) is 26.4 Å². The molecule has 3 fully saturated rings. The zero-order valence-electron chi connectivity index (χ0n) is 22.2. The average molecular weight is 548 g/mol. The van der Waals surface area contributed by atoms with Gasteiger partial charge in [0.05, 0.1) is 18.3 Å². The van der Waals surface area contributed by atoms with Crippen molar-refractivity contribution in [1.29, 1.82) is 0 Å². The molecule has 9 nitrogen and oxygen atoms in total. The van der Waals surface area contributed by atoms with Crippen LogP contribution >= 0.6 is 0 Å². The van der Waals surface area contributed by atoms with Gasteiger partial charge < -0.3 is 20.5 Å². The minimum Gasteiger partial charge on any atom is -0.361 e. The molecule has 3 N–H and O–H groups in total. The summed E-state index contributed by atoms with van der Waals surface area (Å²) in [5.41, 5.74) is 1.52. The minimum absolute atomic E-state index is 0.0465. The lowest BCUT2D eigenvalue weighted by atomic mass is 9.82. The number of carbonyl (C=O) groups is 2. The first-order chi connectivity index (χ1) is 18.1. The molecule has 1 saturated carbocycles. The highest BCUT2D eigenvalue weighted by molar-refractivity contribution is 7.88. The standard InChI is InChI=1S/C27H38FN5O4S/c1-16(29-2)26(34)31-24(17-7-5-4-6-8-17)27(35)32-12-11-23-25(32)21(15-33(23)38(3,36)37)20-14-30-22-13-18(28)9-10-19(20)22/h9-10,13-14,16-17,21,23-25,29-30H,4-8,11-12,15H2,1-3H3,(H,31,34). The second-order valence-electron chi connectivity index (χ2n) is 11.1. The predicted octanol–water partition coefficient (Wildman–Crippen LogP) is 2.31. The number of aromatic nitrogens is 1. The van der Waals surface area contributed by atoms with Gasteiger partial charge in [-0.05, 0) is 62.9 Å². The van der Waals surface area contributed by atoms with Crippen LogP contribution in [0.15, 0.2) is 24.4 Å². The van der Waals surface area contributed by atoms with E-state index >= 15 is 0 Å². The molecule has 2 aliphatic heterocycles. The predicted molar refractivity (Wildman–Crippen MR) is 143 cm³/mol. The van der Waals surface area contributed by atoms with Gasteiger partial charge in [0, 0.05) is 42.1 Å². The van der Waals surface area contributed by atoms with Crippen LogP contribution in [-0.4, -0.2) is 85.0 Å². The number of nitrogens with zero attached hydrogens (tertiary/aromatic N) is 2. The number of benzene rings is 1. The number of halogens is 1. The van der Waals surface area contributed by atoms with E-state index in [1.807, 2.05) is 11.1 Å². The fourth-order valence-electron chi connectivity index (χ4n) is 6.82. The molecule has 2 aromatic rings. The maximum atomic E-state index is 14.3. The molecule has 3 heterocycles. The summed E-state index contributed by atoms with van der Waals surface area (Å²) < 4.78 is 41.0. The Hall–Kier alpha value is -2.50. The molecule has 5 rings (SSSR count). The van der Waals surface area contributed by atoms with Gasteiger partial charge in [-0.1, -0.05) is 19.3 Å². The van der Waals surface area contributed by atoms with Gasteiger partial charge in [-0.15, -0.1) is 0 Å². The molecule has 208 valence electrons. The first-order valence-corrected chi connectivity index (χ1v) is 15.5. The molecule has 0 spiro atoms. The molecule has 3 aliphatic rings. The molecule has 2 amide bonds. The number of H-pyrrole nitrogens is 1. The Morgan fingerprint density at radius 1 is 1.16 bits per heavy atom.